The minimum atomic E-state index is -2.13. The molecule has 0 aliphatic heterocycles. The molecule has 0 fully saturated rings. The topological polar surface area (TPSA) is 55.2 Å². The van der Waals surface area contributed by atoms with Crippen LogP contribution in [0.25, 0.3) is 0 Å². The Kier molecular flexibility index (Phi) is 2.79. The molecule has 0 saturated carbocycles. The Morgan fingerprint density at radius 2 is 2.08 bits per heavy atom. The van der Waals surface area contributed by atoms with E-state index in [1.165, 1.54) is 12.4 Å². The SMILES string of the molecule is CS(C)(=O)=Nc1cnc(Br)cn1. The van der Waals surface area contributed by atoms with Crippen molar-refractivity contribution in [3.63, 3.8) is 0 Å². The van der Waals surface area contributed by atoms with E-state index in [0.29, 0.717) is 10.4 Å². The molecule has 0 N–H and O–H groups in total. The summed E-state index contributed by atoms with van der Waals surface area (Å²) in [7, 11) is -2.13. The molecule has 4 nitrogen and oxygen atoms in total. The van der Waals surface area contributed by atoms with Gasteiger partial charge in [-0.2, -0.15) is 4.36 Å². The van der Waals surface area contributed by atoms with Gasteiger partial charge in [0.1, 0.15) is 4.60 Å². The lowest BCUT2D eigenvalue weighted by Crippen LogP contribution is -1.90. The summed E-state index contributed by atoms with van der Waals surface area (Å²) in [4.78, 5) is 7.81. The summed E-state index contributed by atoms with van der Waals surface area (Å²) in [6.45, 7) is 0. The van der Waals surface area contributed by atoms with Crippen molar-refractivity contribution in [2.24, 2.45) is 4.36 Å². The molecule has 0 unspecified atom stereocenters. The molecular weight excluding hydrogens is 242 g/mol. The van der Waals surface area contributed by atoms with Crippen LogP contribution in [0.4, 0.5) is 5.82 Å². The van der Waals surface area contributed by atoms with Crippen LogP contribution in [0.3, 0.4) is 0 Å². The summed E-state index contributed by atoms with van der Waals surface area (Å²) >= 11 is 3.14. The van der Waals surface area contributed by atoms with Crippen molar-refractivity contribution < 1.29 is 4.21 Å². The molecule has 12 heavy (non-hydrogen) atoms. The Bertz CT molecular complexity index is 372. The molecule has 0 aliphatic rings. The number of nitrogens with zero attached hydrogens (tertiary/aromatic N) is 3. The highest BCUT2D eigenvalue weighted by molar-refractivity contribution is 9.10. The summed E-state index contributed by atoms with van der Waals surface area (Å²) in [5.41, 5.74) is 0. The minimum Gasteiger partial charge on any atom is -0.250 e. The molecule has 0 atom stereocenters. The lowest BCUT2D eigenvalue weighted by atomic mass is 10.7. The number of hydrogen-bond acceptors (Lipinski definition) is 4. The average Bonchev–Trinajstić information content (AvgIpc) is 1.91. The predicted molar refractivity (Wildman–Crippen MR) is 51.8 cm³/mol. The van der Waals surface area contributed by atoms with E-state index in [9.17, 15) is 4.21 Å². The number of aromatic nitrogens is 2. The van der Waals surface area contributed by atoms with Gasteiger partial charge >= 0.3 is 0 Å². The Hall–Kier alpha value is -0.490. The highest BCUT2D eigenvalue weighted by Crippen LogP contribution is 2.10. The van der Waals surface area contributed by atoms with Crippen LogP contribution < -0.4 is 0 Å². The van der Waals surface area contributed by atoms with Crippen LogP contribution in [0.15, 0.2) is 21.4 Å². The maximum Gasteiger partial charge on any atom is 0.180 e. The van der Waals surface area contributed by atoms with E-state index in [2.05, 4.69) is 30.3 Å². The normalized spacial score (nSPS) is 11.2. The Morgan fingerprint density at radius 3 is 2.50 bits per heavy atom. The molecule has 0 amide bonds. The minimum absolute atomic E-state index is 0.396. The second-order valence-corrected chi connectivity index (χ2v) is 5.83. The summed E-state index contributed by atoms with van der Waals surface area (Å²) in [5.74, 6) is 0.396. The smallest absolute Gasteiger partial charge is 0.180 e. The molecule has 0 saturated heterocycles. The van der Waals surface area contributed by atoms with Crippen molar-refractivity contribution >= 4 is 31.5 Å². The highest BCUT2D eigenvalue weighted by Gasteiger charge is 1.95. The van der Waals surface area contributed by atoms with E-state index in [1.807, 2.05) is 0 Å². The molecule has 66 valence electrons. The zero-order valence-electron chi connectivity index (χ0n) is 6.69. The Balaban J connectivity index is 3.08. The van der Waals surface area contributed by atoms with E-state index >= 15 is 0 Å². The number of rotatable bonds is 1. The second-order valence-electron chi connectivity index (χ2n) is 2.47. The van der Waals surface area contributed by atoms with Crippen LogP contribution >= 0.6 is 15.9 Å². The van der Waals surface area contributed by atoms with Crippen LogP contribution in [-0.4, -0.2) is 26.7 Å². The zero-order chi connectivity index (χ0) is 9.19. The fraction of sp³-hybridized carbons (Fsp3) is 0.333. The molecular formula is C6H8BrN3OS. The summed E-state index contributed by atoms with van der Waals surface area (Å²) in [6, 6.07) is 0. The lowest BCUT2D eigenvalue weighted by Gasteiger charge is -1.94. The molecule has 6 heteroatoms. The van der Waals surface area contributed by atoms with Crippen molar-refractivity contribution in [3.8, 4) is 0 Å². The first-order valence-corrected chi connectivity index (χ1v) is 6.24. The van der Waals surface area contributed by atoms with Gasteiger partial charge in [-0.25, -0.2) is 14.2 Å². The number of hydrogen-bond donors (Lipinski definition) is 0. The van der Waals surface area contributed by atoms with Gasteiger partial charge in [0, 0.05) is 22.2 Å². The quantitative estimate of drug-likeness (QED) is 0.760. The average molecular weight is 250 g/mol. The molecule has 0 aromatic carbocycles. The van der Waals surface area contributed by atoms with Gasteiger partial charge in [-0.15, -0.1) is 0 Å². The maximum atomic E-state index is 11.2. The second kappa shape index (κ2) is 3.49. The third-order valence-corrected chi connectivity index (χ3v) is 1.96. The third kappa shape index (κ3) is 3.27. The molecule has 1 aromatic rings. The molecule has 1 aromatic heterocycles. The molecule has 0 bridgehead atoms. The molecule has 0 aliphatic carbocycles. The fourth-order valence-electron chi connectivity index (χ4n) is 0.578. The largest absolute Gasteiger partial charge is 0.250 e. The fourth-order valence-corrected chi connectivity index (χ4v) is 1.33. The predicted octanol–water partition coefficient (Wildman–Crippen LogP) is 1.60. The third-order valence-electron chi connectivity index (χ3n) is 0.920. The van der Waals surface area contributed by atoms with Gasteiger partial charge in [0.15, 0.2) is 5.82 Å². The molecule has 1 heterocycles. The van der Waals surface area contributed by atoms with E-state index in [4.69, 9.17) is 0 Å². The van der Waals surface area contributed by atoms with Crippen LogP contribution in [0.1, 0.15) is 0 Å². The van der Waals surface area contributed by atoms with E-state index < -0.39 is 9.73 Å². The van der Waals surface area contributed by atoms with Gasteiger partial charge < -0.3 is 0 Å². The van der Waals surface area contributed by atoms with Crippen LogP contribution in [-0.2, 0) is 9.73 Å². The lowest BCUT2D eigenvalue weighted by molar-refractivity contribution is 0.684. The van der Waals surface area contributed by atoms with Gasteiger partial charge in [-0.1, -0.05) is 0 Å². The van der Waals surface area contributed by atoms with Gasteiger partial charge in [0.25, 0.3) is 0 Å². The Morgan fingerprint density at radius 1 is 1.42 bits per heavy atom. The summed E-state index contributed by atoms with van der Waals surface area (Å²) < 4.78 is 15.7. The first-order chi connectivity index (χ1) is 5.47. The highest BCUT2D eigenvalue weighted by atomic mass is 79.9. The standard InChI is InChI=1S/C6H8BrN3OS/c1-12(2,11)10-6-4-8-5(7)3-9-6/h3-4H,1-2H3. The van der Waals surface area contributed by atoms with Crippen molar-refractivity contribution in [2.45, 2.75) is 0 Å². The monoisotopic (exact) mass is 249 g/mol. The van der Waals surface area contributed by atoms with Gasteiger partial charge in [0.05, 0.1) is 12.4 Å². The van der Waals surface area contributed by atoms with E-state index in [0.717, 1.165) is 0 Å². The summed E-state index contributed by atoms with van der Waals surface area (Å²) in [5, 5.41) is 0. The van der Waals surface area contributed by atoms with Crippen molar-refractivity contribution in [1.82, 2.24) is 9.97 Å². The van der Waals surface area contributed by atoms with Crippen molar-refractivity contribution in [3.05, 3.63) is 17.0 Å². The van der Waals surface area contributed by atoms with Gasteiger partial charge in [-0.05, 0) is 15.9 Å². The first kappa shape index (κ1) is 9.60. The van der Waals surface area contributed by atoms with Gasteiger partial charge in [0.2, 0.25) is 0 Å². The first-order valence-electron chi connectivity index (χ1n) is 3.12. The van der Waals surface area contributed by atoms with Gasteiger partial charge in [-0.3, -0.25) is 0 Å². The van der Waals surface area contributed by atoms with E-state index in [1.54, 1.807) is 12.5 Å². The van der Waals surface area contributed by atoms with Crippen LogP contribution in [0, 0.1) is 0 Å². The molecule has 1 rings (SSSR count). The van der Waals surface area contributed by atoms with Crippen molar-refractivity contribution in [1.29, 1.82) is 0 Å². The Labute approximate surface area is 79.7 Å². The van der Waals surface area contributed by atoms with E-state index in [-0.39, 0.29) is 0 Å². The molecule has 0 spiro atoms. The number of halogens is 1. The maximum absolute atomic E-state index is 11.2. The zero-order valence-corrected chi connectivity index (χ0v) is 9.09. The van der Waals surface area contributed by atoms with Crippen LogP contribution in [0.2, 0.25) is 0 Å². The summed E-state index contributed by atoms with van der Waals surface area (Å²) in [6.07, 6.45) is 6.09. The molecule has 0 radical (unpaired) electrons. The van der Waals surface area contributed by atoms with Crippen LogP contribution in [0.5, 0.6) is 0 Å². The van der Waals surface area contributed by atoms with Crippen molar-refractivity contribution in [2.75, 3.05) is 12.5 Å².